The third-order valence-electron chi connectivity index (χ3n) is 9.64. The number of hydrogen-bond donors (Lipinski definition) is 0. The van der Waals surface area contributed by atoms with E-state index in [4.69, 9.17) is 0 Å². The highest BCUT2D eigenvalue weighted by Crippen LogP contribution is 2.42. The van der Waals surface area contributed by atoms with E-state index in [0.717, 1.165) is 77.2 Å². The van der Waals surface area contributed by atoms with Crippen LogP contribution in [0.2, 0.25) is 0 Å². The second-order valence-corrected chi connectivity index (χ2v) is 12.3. The lowest BCUT2D eigenvalue weighted by Gasteiger charge is -2.19. The van der Waals surface area contributed by atoms with E-state index < -0.39 is 0 Å². The zero-order valence-corrected chi connectivity index (χ0v) is 26.7. The van der Waals surface area contributed by atoms with Crippen LogP contribution in [0.25, 0.3) is 77.2 Å². The molecule has 0 unspecified atom stereocenters. The second kappa shape index (κ2) is 11.4. The average molecular weight is 636 g/mol. The summed E-state index contributed by atoms with van der Waals surface area (Å²) in [6.07, 6.45) is 0. The normalized spacial score (nSPS) is 11.1. The summed E-state index contributed by atoms with van der Waals surface area (Å²) in [6.45, 7) is 0. The SMILES string of the molecule is N#Cc1ccc(-c2ccc(-n3c4ccccc4c4cc(C#N)ccc43)cc2)c(-c2cccc(C#N)c2-n2c3ccccc3c3ccccc32)c1. The van der Waals surface area contributed by atoms with Crippen molar-refractivity contribution >= 4 is 43.6 Å². The number of nitrogens with zero attached hydrogens (tertiary/aromatic N) is 5. The van der Waals surface area contributed by atoms with Crippen LogP contribution < -0.4 is 0 Å². The lowest BCUT2D eigenvalue weighted by Crippen LogP contribution is -2.02. The van der Waals surface area contributed by atoms with Crippen molar-refractivity contribution in [3.63, 3.8) is 0 Å². The minimum Gasteiger partial charge on any atom is -0.309 e. The van der Waals surface area contributed by atoms with Gasteiger partial charge in [-0.2, -0.15) is 15.8 Å². The van der Waals surface area contributed by atoms with Gasteiger partial charge in [0.15, 0.2) is 0 Å². The first-order chi connectivity index (χ1) is 24.7. The molecule has 0 spiro atoms. The third kappa shape index (κ3) is 4.31. The molecule has 9 aromatic rings. The second-order valence-electron chi connectivity index (χ2n) is 12.3. The Labute approximate surface area is 287 Å². The quantitative estimate of drug-likeness (QED) is 0.193. The van der Waals surface area contributed by atoms with Crippen LogP contribution in [0.15, 0.2) is 152 Å². The Hall–Kier alpha value is -7.39. The number of nitriles is 3. The number of hydrogen-bond acceptors (Lipinski definition) is 3. The summed E-state index contributed by atoms with van der Waals surface area (Å²) in [5.74, 6) is 0. The van der Waals surface area contributed by atoms with E-state index >= 15 is 0 Å². The largest absolute Gasteiger partial charge is 0.309 e. The highest BCUT2D eigenvalue weighted by molar-refractivity contribution is 6.11. The van der Waals surface area contributed by atoms with Crippen LogP contribution in [0.3, 0.4) is 0 Å². The Bertz CT molecular complexity index is 2900. The molecule has 0 N–H and O–H groups in total. The van der Waals surface area contributed by atoms with E-state index in [2.05, 4.69) is 88.0 Å². The van der Waals surface area contributed by atoms with Crippen molar-refractivity contribution in [3.8, 4) is 51.8 Å². The first-order valence-electron chi connectivity index (χ1n) is 16.3. The lowest BCUT2D eigenvalue weighted by atomic mass is 9.90. The molecule has 7 aromatic carbocycles. The predicted octanol–water partition coefficient (Wildman–Crippen LogP) is 10.8. The van der Waals surface area contributed by atoms with Crippen molar-refractivity contribution in [2.75, 3.05) is 0 Å². The van der Waals surface area contributed by atoms with Crippen LogP contribution in [-0.2, 0) is 0 Å². The van der Waals surface area contributed by atoms with E-state index in [1.54, 1.807) is 0 Å². The number of fused-ring (bicyclic) bond motifs is 6. The maximum Gasteiger partial charge on any atom is 0.101 e. The van der Waals surface area contributed by atoms with Gasteiger partial charge in [-0.1, -0.05) is 84.9 Å². The smallest absolute Gasteiger partial charge is 0.101 e. The lowest BCUT2D eigenvalue weighted by molar-refractivity contribution is 1.17. The zero-order chi connectivity index (χ0) is 33.8. The summed E-state index contributed by atoms with van der Waals surface area (Å²) in [7, 11) is 0. The van der Waals surface area contributed by atoms with E-state index in [-0.39, 0.29) is 0 Å². The van der Waals surface area contributed by atoms with Gasteiger partial charge in [0, 0.05) is 32.8 Å². The van der Waals surface area contributed by atoms with Gasteiger partial charge in [-0.3, -0.25) is 0 Å². The Morgan fingerprint density at radius 1 is 0.380 bits per heavy atom. The molecule has 0 atom stereocenters. The van der Waals surface area contributed by atoms with Crippen LogP contribution in [0.1, 0.15) is 16.7 Å². The van der Waals surface area contributed by atoms with Crippen molar-refractivity contribution in [2.45, 2.75) is 0 Å². The Morgan fingerprint density at radius 2 is 0.940 bits per heavy atom. The molecule has 9 rings (SSSR count). The molecule has 5 nitrogen and oxygen atoms in total. The van der Waals surface area contributed by atoms with Crippen LogP contribution in [0, 0.1) is 34.0 Å². The fourth-order valence-electron chi connectivity index (χ4n) is 7.45. The molecular formula is C45H25N5. The molecular weight excluding hydrogens is 611 g/mol. The minimum atomic E-state index is 0.540. The van der Waals surface area contributed by atoms with Crippen LogP contribution in [0.4, 0.5) is 0 Å². The van der Waals surface area contributed by atoms with Gasteiger partial charge in [0.25, 0.3) is 0 Å². The standard InChI is InChI=1S/C45H25N5/c46-26-29-16-22-34(31-18-20-33(21-19-31)49-41-13-4-3-11-37(41)40-25-30(27-47)17-23-44(40)49)39(24-29)38-12-7-8-32(28-48)45(38)50-42-14-5-1-9-35(42)36-10-2-6-15-43(36)50/h1-25H. The fraction of sp³-hybridized carbons (Fsp3) is 0. The van der Waals surface area contributed by atoms with Gasteiger partial charge in [0.1, 0.15) is 6.07 Å². The predicted molar refractivity (Wildman–Crippen MR) is 200 cm³/mol. The molecule has 0 saturated carbocycles. The molecule has 5 heteroatoms. The molecule has 0 radical (unpaired) electrons. The summed E-state index contributed by atoms with van der Waals surface area (Å²) in [5, 5.41) is 34.4. The monoisotopic (exact) mass is 635 g/mol. The van der Waals surface area contributed by atoms with Crippen molar-refractivity contribution in [1.82, 2.24) is 9.13 Å². The van der Waals surface area contributed by atoms with Crippen molar-refractivity contribution in [3.05, 3.63) is 168 Å². The topological polar surface area (TPSA) is 81.2 Å². The van der Waals surface area contributed by atoms with E-state index in [0.29, 0.717) is 16.7 Å². The van der Waals surface area contributed by atoms with Crippen LogP contribution >= 0.6 is 0 Å². The highest BCUT2D eigenvalue weighted by atomic mass is 15.0. The highest BCUT2D eigenvalue weighted by Gasteiger charge is 2.21. The first kappa shape index (κ1) is 28.8. The number of para-hydroxylation sites is 4. The summed E-state index contributed by atoms with van der Waals surface area (Å²) >= 11 is 0. The van der Waals surface area contributed by atoms with Crippen LogP contribution in [-0.4, -0.2) is 9.13 Å². The average Bonchev–Trinajstić information content (AvgIpc) is 3.70. The van der Waals surface area contributed by atoms with Gasteiger partial charge in [-0.05, 0) is 83.4 Å². The van der Waals surface area contributed by atoms with E-state index in [9.17, 15) is 15.8 Å². The molecule has 0 aliphatic rings. The van der Waals surface area contributed by atoms with Crippen molar-refractivity contribution in [2.24, 2.45) is 0 Å². The summed E-state index contributed by atoms with van der Waals surface area (Å²) in [4.78, 5) is 0. The molecule has 2 aromatic heterocycles. The van der Waals surface area contributed by atoms with E-state index in [1.807, 2.05) is 91.0 Å². The summed E-state index contributed by atoms with van der Waals surface area (Å²) in [6, 6.07) is 57.7. The number of aromatic nitrogens is 2. The molecule has 0 amide bonds. The number of benzene rings is 7. The minimum absolute atomic E-state index is 0.540. The van der Waals surface area contributed by atoms with Crippen molar-refractivity contribution < 1.29 is 0 Å². The Kier molecular flexibility index (Phi) is 6.56. The molecule has 0 aliphatic carbocycles. The molecule has 0 fully saturated rings. The summed E-state index contributed by atoms with van der Waals surface area (Å²) in [5.41, 5.74) is 11.3. The third-order valence-corrected chi connectivity index (χ3v) is 9.64. The van der Waals surface area contributed by atoms with Gasteiger partial charge in [0.2, 0.25) is 0 Å². The maximum absolute atomic E-state index is 10.5. The summed E-state index contributed by atoms with van der Waals surface area (Å²) < 4.78 is 4.41. The van der Waals surface area contributed by atoms with Gasteiger partial charge in [0.05, 0.1) is 56.6 Å². The number of rotatable bonds is 4. The van der Waals surface area contributed by atoms with Gasteiger partial charge < -0.3 is 9.13 Å². The van der Waals surface area contributed by atoms with Crippen molar-refractivity contribution in [1.29, 1.82) is 15.8 Å². The zero-order valence-electron chi connectivity index (χ0n) is 26.7. The van der Waals surface area contributed by atoms with Gasteiger partial charge >= 0.3 is 0 Å². The molecule has 2 heterocycles. The van der Waals surface area contributed by atoms with Gasteiger partial charge in [-0.15, -0.1) is 0 Å². The first-order valence-corrected chi connectivity index (χ1v) is 16.3. The Balaban J connectivity index is 1.26. The molecule has 0 aliphatic heterocycles. The molecule has 50 heavy (non-hydrogen) atoms. The fourth-order valence-corrected chi connectivity index (χ4v) is 7.45. The molecule has 0 bridgehead atoms. The van der Waals surface area contributed by atoms with Crippen LogP contribution in [0.5, 0.6) is 0 Å². The van der Waals surface area contributed by atoms with E-state index in [1.165, 1.54) is 0 Å². The maximum atomic E-state index is 10.5. The molecule has 0 saturated heterocycles. The Morgan fingerprint density at radius 3 is 1.58 bits per heavy atom. The van der Waals surface area contributed by atoms with Gasteiger partial charge in [-0.25, -0.2) is 0 Å². The molecule has 230 valence electrons.